The molecule has 2 amide bonds. The highest BCUT2D eigenvalue weighted by Gasteiger charge is 2.43. The van der Waals surface area contributed by atoms with Crippen LogP contribution in [-0.2, 0) is 4.74 Å². The summed E-state index contributed by atoms with van der Waals surface area (Å²) >= 11 is 0. The van der Waals surface area contributed by atoms with E-state index in [0.717, 1.165) is 0 Å². The van der Waals surface area contributed by atoms with Gasteiger partial charge < -0.3 is 36.2 Å². The largest absolute Gasteiger partial charge is 0.394 e. The van der Waals surface area contributed by atoms with Gasteiger partial charge in [-0.05, 0) is 0 Å². The van der Waals surface area contributed by atoms with Crippen LogP contribution in [-0.4, -0.2) is 63.7 Å². The molecule has 88 valence electrons. The average Bonchev–Trinajstić information content (AvgIpc) is 2.18. The van der Waals surface area contributed by atoms with Crippen molar-refractivity contribution in [2.24, 2.45) is 5.73 Å². The summed E-state index contributed by atoms with van der Waals surface area (Å²) < 4.78 is 4.92. The highest BCUT2D eigenvalue weighted by Crippen LogP contribution is 2.19. The van der Waals surface area contributed by atoms with E-state index in [9.17, 15) is 20.1 Å². The summed E-state index contributed by atoms with van der Waals surface area (Å²) in [6, 6.07) is -0.945. The molecule has 0 saturated carbocycles. The van der Waals surface area contributed by atoms with E-state index in [2.05, 4.69) is 0 Å². The Bertz CT molecular complexity index is 236. The molecule has 5 atom stereocenters. The van der Waals surface area contributed by atoms with Crippen molar-refractivity contribution in [3.05, 3.63) is 0 Å². The third-order valence-corrected chi connectivity index (χ3v) is 2.18. The molecule has 0 aromatic carbocycles. The first-order chi connectivity index (χ1) is 6.97. The van der Waals surface area contributed by atoms with Gasteiger partial charge in [0.1, 0.15) is 24.4 Å². The molecule has 1 rings (SSSR count). The van der Waals surface area contributed by atoms with Crippen LogP contribution in [0.3, 0.4) is 0 Å². The minimum atomic E-state index is -1.52. The minimum absolute atomic E-state index is 0.554. The molecule has 0 aromatic heterocycles. The lowest BCUT2D eigenvalue weighted by Gasteiger charge is -2.39. The molecule has 8 heteroatoms. The molecule has 0 aliphatic carbocycles. The maximum atomic E-state index is 10.5. The van der Waals surface area contributed by atoms with Gasteiger partial charge in [-0.1, -0.05) is 0 Å². The molecule has 1 saturated heterocycles. The number of primary amides is 1. The molecule has 15 heavy (non-hydrogen) atoms. The van der Waals surface area contributed by atoms with Gasteiger partial charge >= 0.3 is 6.03 Å². The van der Waals surface area contributed by atoms with Crippen LogP contribution in [0.25, 0.3) is 0 Å². The topological polar surface area (TPSA) is 145 Å². The molecule has 7 N–H and O–H groups in total. The van der Waals surface area contributed by atoms with Crippen molar-refractivity contribution < 1.29 is 30.0 Å². The number of nitrogens with one attached hydrogen (secondary N) is 1. The summed E-state index contributed by atoms with van der Waals surface area (Å²) in [5, 5.41) is 38.9. The molecule has 1 aliphatic rings. The number of hydrogen-bond acceptors (Lipinski definition) is 6. The number of hydrogen-bond donors (Lipinski definition) is 6. The summed E-state index contributed by atoms with van der Waals surface area (Å²) in [5.74, 6) is 0. The lowest BCUT2D eigenvalue weighted by Crippen LogP contribution is -2.63. The minimum Gasteiger partial charge on any atom is -0.394 e. The molecule has 0 bridgehead atoms. The van der Waals surface area contributed by atoms with Crippen LogP contribution in [0.4, 0.5) is 4.79 Å². The summed E-state index contributed by atoms with van der Waals surface area (Å²) in [6.07, 6.45) is -6.78. The molecule has 8 nitrogen and oxygen atoms in total. The van der Waals surface area contributed by atoms with Gasteiger partial charge in [0.05, 0.1) is 6.61 Å². The number of rotatable bonds is 2. The Morgan fingerprint density at radius 1 is 1.27 bits per heavy atom. The van der Waals surface area contributed by atoms with E-state index in [1.54, 1.807) is 0 Å². The van der Waals surface area contributed by atoms with Crippen molar-refractivity contribution in [3.63, 3.8) is 0 Å². The average molecular weight is 222 g/mol. The van der Waals surface area contributed by atoms with Gasteiger partial charge in [0, 0.05) is 0 Å². The Balaban J connectivity index is 2.69. The predicted molar refractivity (Wildman–Crippen MR) is 46.5 cm³/mol. The second kappa shape index (κ2) is 4.73. The summed E-state index contributed by atoms with van der Waals surface area (Å²) in [4.78, 5) is 10.5. The number of amides is 2. The van der Waals surface area contributed by atoms with Crippen LogP contribution >= 0.6 is 0 Å². The molecule has 1 aliphatic heterocycles. The van der Waals surface area contributed by atoms with Crippen LogP contribution in [0, 0.1) is 0 Å². The van der Waals surface area contributed by atoms with Gasteiger partial charge in [-0.2, -0.15) is 0 Å². The van der Waals surface area contributed by atoms with Crippen LogP contribution < -0.4 is 11.1 Å². The maximum Gasteiger partial charge on any atom is 0.314 e. The fraction of sp³-hybridized carbons (Fsp3) is 0.857. The Hall–Kier alpha value is -0.930. The normalized spacial score (nSPS) is 41.2. The summed E-state index contributed by atoms with van der Waals surface area (Å²) in [6.45, 7) is -0.554. The zero-order chi connectivity index (χ0) is 11.6. The van der Waals surface area contributed by atoms with Crippen LogP contribution in [0.1, 0.15) is 0 Å². The Morgan fingerprint density at radius 2 is 1.87 bits per heavy atom. The zero-order valence-corrected chi connectivity index (χ0v) is 7.78. The van der Waals surface area contributed by atoms with E-state index in [1.807, 2.05) is 5.32 Å². The van der Waals surface area contributed by atoms with E-state index in [1.165, 1.54) is 0 Å². The third kappa shape index (κ3) is 2.55. The second-order valence-corrected chi connectivity index (χ2v) is 3.26. The van der Waals surface area contributed by atoms with E-state index in [-0.39, 0.29) is 0 Å². The van der Waals surface area contributed by atoms with Gasteiger partial charge in [0.2, 0.25) is 0 Å². The molecule has 0 radical (unpaired) electrons. The molecular weight excluding hydrogens is 208 g/mol. The van der Waals surface area contributed by atoms with Crippen LogP contribution in [0.2, 0.25) is 0 Å². The number of carbonyl (C=O) groups excluding carboxylic acids is 1. The van der Waals surface area contributed by atoms with Gasteiger partial charge in [0.25, 0.3) is 0 Å². The number of ether oxygens (including phenoxy) is 1. The Morgan fingerprint density at radius 3 is 2.33 bits per heavy atom. The number of urea groups is 1. The van der Waals surface area contributed by atoms with Crippen LogP contribution in [0.15, 0.2) is 0 Å². The first-order valence-electron chi connectivity index (χ1n) is 4.34. The lowest BCUT2D eigenvalue weighted by atomic mass is 9.98. The number of aliphatic hydroxyl groups is 4. The van der Waals surface area contributed by atoms with Gasteiger partial charge in [-0.15, -0.1) is 0 Å². The fourth-order valence-corrected chi connectivity index (χ4v) is 1.36. The number of nitrogens with two attached hydrogens (primary N) is 1. The molecule has 1 fully saturated rings. The first-order valence-corrected chi connectivity index (χ1v) is 4.34. The molecule has 0 aromatic rings. The van der Waals surface area contributed by atoms with E-state index in [0.29, 0.717) is 0 Å². The SMILES string of the molecule is NC(=O)N[C@H]1O[C@H](CO)[C@@H](O)[C@H](O)[C@H]1O. The second-order valence-electron chi connectivity index (χ2n) is 3.26. The Kier molecular flexibility index (Phi) is 3.83. The highest BCUT2D eigenvalue weighted by molar-refractivity contribution is 5.71. The van der Waals surface area contributed by atoms with Gasteiger partial charge in [0.15, 0.2) is 6.23 Å². The molecular formula is C7H14N2O6. The van der Waals surface area contributed by atoms with E-state index >= 15 is 0 Å². The molecule has 0 unspecified atom stereocenters. The van der Waals surface area contributed by atoms with Crippen molar-refractivity contribution >= 4 is 6.03 Å². The first kappa shape index (κ1) is 12.1. The van der Waals surface area contributed by atoms with E-state index < -0.39 is 43.3 Å². The predicted octanol–water partition coefficient (Wildman–Crippen LogP) is -3.55. The zero-order valence-electron chi connectivity index (χ0n) is 7.78. The monoisotopic (exact) mass is 222 g/mol. The van der Waals surface area contributed by atoms with E-state index in [4.69, 9.17) is 15.6 Å². The van der Waals surface area contributed by atoms with Gasteiger partial charge in [-0.3, -0.25) is 0 Å². The quantitative estimate of drug-likeness (QED) is 0.285. The Labute approximate surface area is 85.3 Å². The molecule has 1 heterocycles. The smallest absolute Gasteiger partial charge is 0.314 e. The maximum absolute atomic E-state index is 10.5. The summed E-state index contributed by atoms with van der Waals surface area (Å²) in [7, 11) is 0. The standard InChI is InChI=1S/C7H14N2O6/c8-7(14)9-6-5(13)4(12)3(11)2(1-10)15-6/h2-6,10-13H,1H2,(H3,8,9,14)/t2-,3-,4+,5-,6+/m1/s1. The van der Waals surface area contributed by atoms with Crippen LogP contribution in [0.5, 0.6) is 0 Å². The third-order valence-electron chi connectivity index (χ3n) is 2.18. The lowest BCUT2D eigenvalue weighted by molar-refractivity contribution is -0.233. The van der Waals surface area contributed by atoms with Crippen molar-refractivity contribution in [1.82, 2.24) is 5.32 Å². The number of carbonyl (C=O) groups is 1. The molecule has 0 spiro atoms. The van der Waals surface area contributed by atoms with Gasteiger partial charge in [-0.25, -0.2) is 4.79 Å². The summed E-state index contributed by atoms with van der Waals surface area (Å²) in [5.41, 5.74) is 4.80. The van der Waals surface area contributed by atoms with Crippen molar-refractivity contribution in [1.29, 1.82) is 0 Å². The van der Waals surface area contributed by atoms with Crippen molar-refractivity contribution in [2.45, 2.75) is 30.6 Å². The highest BCUT2D eigenvalue weighted by atomic mass is 16.6. The number of aliphatic hydroxyl groups excluding tert-OH is 4. The van der Waals surface area contributed by atoms with Crippen molar-refractivity contribution in [2.75, 3.05) is 6.61 Å². The fourth-order valence-electron chi connectivity index (χ4n) is 1.36. The van der Waals surface area contributed by atoms with Crippen molar-refractivity contribution in [3.8, 4) is 0 Å².